The molecule has 92 valence electrons. The number of rotatable bonds is 4. The Balaban J connectivity index is 2.25. The Hall–Kier alpha value is -1.83. The monoisotopic (exact) mass is 355 g/mol. The molecule has 18 heavy (non-hydrogen) atoms. The Morgan fingerprint density at radius 1 is 1.06 bits per heavy atom. The molecular weight excluding hydrogens is 347 g/mol. The minimum absolute atomic E-state index is 0.0943. The first-order valence-corrected chi connectivity index (χ1v) is 7.17. The Bertz CT molecular complexity index is 601. The minimum atomic E-state index is -0.540. The molecule has 0 aliphatic heterocycles. The number of nitroso groups, excluding NO2 is 1. The average Bonchev–Trinajstić information content (AvgIpc) is 2.39. The number of nitrogens with zero attached hydrogens (tertiary/aromatic N) is 2. The van der Waals surface area contributed by atoms with Crippen LogP contribution in [0.5, 0.6) is 0 Å². The van der Waals surface area contributed by atoms with Crippen molar-refractivity contribution in [3.05, 3.63) is 70.7 Å². The molecule has 0 bridgehead atoms. The summed E-state index contributed by atoms with van der Waals surface area (Å²) in [6, 6.07) is 13.6. The normalized spacial score (nSPS) is 10.2. The van der Waals surface area contributed by atoms with Crippen molar-refractivity contribution < 1.29 is 26.1 Å². The number of halogens is 1. The predicted molar refractivity (Wildman–Crippen MR) is 62.4 cm³/mol. The van der Waals surface area contributed by atoms with E-state index in [0.717, 1.165) is 7.14 Å². The molecule has 0 saturated carbocycles. The van der Waals surface area contributed by atoms with E-state index in [9.17, 15) is 15.0 Å². The van der Waals surface area contributed by atoms with E-state index in [1.807, 2.05) is 12.1 Å². The third kappa shape index (κ3) is 3.10. The van der Waals surface area contributed by atoms with Gasteiger partial charge in [0.2, 0.25) is 0 Å². The van der Waals surface area contributed by atoms with Crippen molar-refractivity contribution in [2.24, 2.45) is 5.18 Å². The van der Waals surface area contributed by atoms with Gasteiger partial charge in [-0.2, -0.15) is 0 Å². The van der Waals surface area contributed by atoms with Gasteiger partial charge in [-0.1, -0.05) is 0 Å². The van der Waals surface area contributed by atoms with Crippen LogP contribution in [0.25, 0.3) is 0 Å². The van der Waals surface area contributed by atoms with Gasteiger partial charge in [0.05, 0.1) is 0 Å². The van der Waals surface area contributed by atoms with Crippen LogP contribution < -0.4 is 21.2 Å². The molecule has 0 aromatic heterocycles. The molecule has 0 spiro atoms. The summed E-state index contributed by atoms with van der Waals surface area (Å²) in [6.45, 7) is 0. The van der Waals surface area contributed by atoms with Crippen molar-refractivity contribution in [3.8, 4) is 0 Å². The van der Waals surface area contributed by atoms with Crippen LogP contribution >= 0.6 is 0 Å². The number of non-ortho nitro benzene ring substituents is 1. The number of nitro groups is 1. The zero-order valence-corrected chi connectivity index (χ0v) is 11.3. The van der Waals surface area contributed by atoms with Crippen LogP contribution in [0.15, 0.2) is 53.7 Å². The van der Waals surface area contributed by atoms with Crippen molar-refractivity contribution in [2.45, 2.75) is 0 Å². The van der Waals surface area contributed by atoms with E-state index in [1.54, 1.807) is 30.3 Å². The molecule has 0 saturated heterocycles. The van der Waals surface area contributed by atoms with Gasteiger partial charge in [0.1, 0.15) is 0 Å². The summed E-state index contributed by atoms with van der Waals surface area (Å²) < 4.78 is 1.94. The van der Waals surface area contributed by atoms with E-state index in [4.69, 9.17) is 0 Å². The van der Waals surface area contributed by atoms with Gasteiger partial charge >= 0.3 is 113 Å². The van der Waals surface area contributed by atoms with Gasteiger partial charge in [-0.05, 0) is 0 Å². The Morgan fingerprint density at radius 2 is 1.72 bits per heavy atom. The van der Waals surface area contributed by atoms with E-state index in [0.29, 0.717) is 5.69 Å². The molecule has 6 heteroatoms. The molecule has 0 atom stereocenters. The molecular formula is C12H8IN2O3-. The van der Waals surface area contributed by atoms with Crippen LogP contribution in [0.1, 0.15) is 0 Å². The summed E-state index contributed by atoms with van der Waals surface area (Å²) in [6.07, 6.45) is 0. The zero-order valence-electron chi connectivity index (χ0n) is 9.12. The molecule has 2 aromatic rings. The molecule has 5 nitrogen and oxygen atoms in total. The number of nitro benzene ring substituents is 1. The standard InChI is InChI=1S/C12H8IN2O3/c16-14-11-5-1-3-9(7-11)13-10-4-2-6-12(8-10)15(17)18/h1-8H/q-1. The van der Waals surface area contributed by atoms with Gasteiger partial charge in [0, 0.05) is 0 Å². The first kappa shape index (κ1) is 12.6. The molecule has 0 aliphatic rings. The maximum absolute atomic E-state index is 10.7. The SMILES string of the molecule is O=Nc1cccc([I-]c2cccc([N+](=O)[O-])c2)c1. The van der Waals surface area contributed by atoms with E-state index in [-0.39, 0.29) is 5.69 Å². The fourth-order valence-corrected chi connectivity index (χ4v) is 3.81. The summed E-state index contributed by atoms with van der Waals surface area (Å²) in [5, 5.41) is 13.5. The van der Waals surface area contributed by atoms with Gasteiger partial charge in [-0.15, -0.1) is 0 Å². The number of hydrogen-bond donors (Lipinski definition) is 0. The fourth-order valence-electron chi connectivity index (χ4n) is 1.37. The summed E-state index contributed by atoms with van der Waals surface area (Å²) in [7, 11) is 0. The molecule has 0 heterocycles. The van der Waals surface area contributed by atoms with Crippen LogP contribution in [0, 0.1) is 22.2 Å². The molecule has 2 aromatic carbocycles. The fraction of sp³-hybridized carbons (Fsp3) is 0. The van der Waals surface area contributed by atoms with E-state index >= 15 is 0 Å². The average molecular weight is 355 g/mol. The van der Waals surface area contributed by atoms with E-state index in [1.165, 1.54) is 6.07 Å². The molecule has 0 amide bonds. The topological polar surface area (TPSA) is 72.6 Å². The molecule has 2 rings (SSSR count). The van der Waals surface area contributed by atoms with Gasteiger partial charge in [0.15, 0.2) is 0 Å². The Kier molecular flexibility index (Phi) is 3.98. The summed E-state index contributed by atoms with van der Waals surface area (Å²) in [5.41, 5.74) is 0.481. The molecule has 0 radical (unpaired) electrons. The van der Waals surface area contributed by atoms with Crippen molar-refractivity contribution in [1.82, 2.24) is 0 Å². The maximum atomic E-state index is 10.7. The summed E-state index contributed by atoms with van der Waals surface area (Å²) >= 11 is -0.540. The number of hydrogen-bond acceptors (Lipinski definition) is 4. The number of benzene rings is 2. The van der Waals surface area contributed by atoms with Crippen LogP contribution in [0.4, 0.5) is 11.4 Å². The predicted octanol–water partition coefficient (Wildman–Crippen LogP) is 0.121. The zero-order chi connectivity index (χ0) is 13.0. The third-order valence-corrected chi connectivity index (χ3v) is 4.74. The first-order valence-electron chi connectivity index (χ1n) is 5.02. The van der Waals surface area contributed by atoms with Crippen LogP contribution in [0.3, 0.4) is 0 Å². The van der Waals surface area contributed by atoms with Gasteiger partial charge < -0.3 is 0 Å². The van der Waals surface area contributed by atoms with Gasteiger partial charge in [-0.3, -0.25) is 0 Å². The molecule has 0 fully saturated rings. The quantitative estimate of drug-likeness (QED) is 0.339. The van der Waals surface area contributed by atoms with Gasteiger partial charge in [0.25, 0.3) is 0 Å². The summed E-state index contributed by atoms with van der Waals surface area (Å²) in [4.78, 5) is 20.7. The van der Waals surface area contributed by atoms with Crippen molar-refractivity contribution >= 4 is 11.4 Å². The third-order valence-electron chi connectivity index (χ3n) is 2.15. The Morgan fingerprint density at radius 3 is 2.39 bits per heavy atom. The molecule has 0 aliphatic carbocycles. The molecule has 0 N–H and O–H groups in total. The van der Waals surface area contributed by atoms with Crippen molar-refractivity contribution in [2.75, 3.05) is 0 Å². The van der Waals surface area contributed by atoms with Crippen LogP contribution in [-0.2, 0) is 0 Å². The second-order valence-electron chi connectivity index (χ2n) is 3.40. The second-order valence-corrected chi connectivity index (χ2v) is 6.43. The van der Waals surface area contributed by atoms with Crippen LogP contribution in [0.2, 0.25) is 0 Å². The van der Waals surface area contributed by atoms with E-state index in [2.05, 4.69) is 5.18 Å². The van der Waals surface area contributed by atoms with Gasteiger partial charge in [-0.25, -0.2) is 0 Å². The van der Waals surface area contributed by atoms with E-state index < -0.39 is 26.1 Å². The van der Waals surface area contributed by atoms with Crippen LogP contribution in [-0.4, -0.2) is 4.92 Å². The summed E-state index contributed by atoms with van der Waals surface area (Å²) in [5.74, 6) is 0. The van der Waals surface area contributed by atoms with Crippen molar-refractivity contribution in [1.29, 1.82) is 0 Å². The van der Waals surface area contributed by atoms with Crippen molar-refractivity contribution in [3.63, 3.8) is 0 Å². The second kappa shape index (κ2) is 5.67. The first-order chi connectivity index (χ1) is 8.69. The molecule has 0 unspecified atom stereocenters. The Labute approximate surface area is 113 Å².